The Morgan fingerprint density at radius 2 is 1.97 bits per heavy atom. The summed E-state index contributed by atoms with van der Waals surface area (Å²) in [5, 5.41) is 7.19. The Kier molecular flexibility index (Phi) is 8.08. The van der Waals surface area contributed by atoms with Gasteiger partial charge in [-0.25, -0.2) is 13.8 Å². The molecule has 0 bridgehead atoms. The van der Waals surface area contributed by atoms with Gasteiger partial charge in [0.15, 0.2) is 0 Å². The minimum Gasteiger partial charge on any atom is -0.489 e. The maximum absolute atomic E-state index is 15.1. The summed E-state index contributed by atoms with van der Waals surface area (Å²) in [6.07, 6.45) is 2.99. The lowest BCUT2D eigenvalue weighted by molar-refractivity contribution is 0.207. The van der Waals surface area contributed by atoms with Gasteiger partial charge in [0.2, 0.25) is 0 Å². The average molecular weight is 457 g/mol. The van der Waals surface area contributed by atoms with Gasteiger partial charge in [-0.05, 0) is 76.2 Å². The maximum Gasteiger partial charge on any atom is 0.140 e. The summed E-state index contributed by atoms with van der Waals surface area (Å²) >= 11 is 0. The van der Waals surface area contributed by atoms with Gasteiger partial charge in [-0.3, -0.25) is 0 Å². The molecular weight excluding hydrogens is 422 g/mol. The number of benzene rings is 2. The van der Waals surface area contributed by atoms with E-state index < -0.39 is 11.5 Å². The van der Waals surface area contributed by atoms with Crippen LogP contribution in [-0.4, -0.2) is 49.6 Å². The number of halogens is 2. The Morgan fingerprint density at radius 1 is 1.27 bits per heavy atom. The smallest absolute Gasteiger partial charge is 0.140 e. The molecule has 2 N–H and O–H groups in total. The lowest BCUT2D eigenvalue weighted by Gasteiger charge is -2.15. The first-order chi connectivity index (χ1) is 15.6. The monoisotopic (exact) mass is 456 g/mol. The highest BCUT2D eigenvalue weighted by atomic mass is 19.1. The van der Waals surface area contributed by atoms with Crippen molar-refractivity contribution in [1.29, 1.82) is 0 Å². The fraction of sp³-hybridized carbons (Fsp3) is 0.423. The number of nitrogens with zero attached hydrogens (tertiary/aromatic N) is 2. The lowest BCUT2D eigenvalue weighted by atomic mass is 10.1. The van der Waals surface area contributed by atoms with Gasteiger partial charge in [0.05, 0.1) is 5.22 Å². The highest BCUT2D eigenvalue weighted by Crippen LogP contribution is 2.19. The second-order valence-electron chi connectivity index (χ2n) is 9.06. The van der Waals surface area contributed by atoms with Gasteiger partial charge in [-0.2, -0.15) is 0 Å². The molecule has 1 unspecified atom stereocenters. The van der Waals surface area contributed by atoms with E-state index in [1.54, 1.807) is 33.1 Å². The number of aliphatic imine (C=N–C) groups is 1. The summed E-state index contributed by atoms with van der Waals surface area (Å²) in [5.41, 5.74) is 0.425. The van der Waals surface area contributed by atoms with Crippen LogP contribution >= 0.6 is 0 Å². The molecule has 0 spiro atoms. The third-order valence-electron chi connectivity index (χ3n) is 5.49. The van der Waals surface area contributed by atoms with Crippen molar-refractivity contribution in [2.75, 3.05) is 37.3 Å². The Labute approximate surface area is 194 Å². The van der Waals surface area contributed by atoms with Gasteiger partial charge in [0.1, 0.15) is 29.2 Å². The zero-order valence-corrected chi connectivity index (χ0v) is 19.9. The standard InChI is InChI=1S/C26H34F2N4O/c1-6-29-25(31-20-9-7-19(8-10-20)30-13-12-26(3,4)28)24-18(2)15-22(16-23(24)27)33-21-11-14-32(5)17-21/h6-10,15-16,21,30-31H,2,11-14,17H2,1,3-5H3/b25-24-,29-6?. The minimum absolute atomic E-state index is 0.0537. The van der Waals surface area contributed by atoms with E-state index >= 15 is 4.39 Å². The Balaban J connectivity index is 1.78. The van der Waals surface area contributed by atoms with E-state index in [2.05, 4.69) is 27.1 Å². The summed E-state index contributed by atoms with van der Waals surface area (Å²) < 4.78 is 34.7. The molecule has 5 nitrogen and oxygen atoms in total. The summed E-state index contributed by atoms with van der Waals surface area (Å²) in [7, 11) is 2.04. The molecule has 1 heterocycles. The van der Waals surface area contributed by atoms with Crippen molar-refractivity contribution in [2.45, 2.75) is 45.4 Å². The fourth-order valence-electron chi connectivity index (χ4n) is 3.75. The van der Waals surface area contributed by atoms with E-state index in [-0.39, 0.29) is 6.10 Å². The van der Waals surface area contributed by atoms with E-state index in [9.17, 15) is 4.39 Å². The Bertz CT molecular complexity index is 1080. The van der Waals surface area contributed by atoms with E-state index in [4.69, 9.17) is 4.74 Å². The van der Waals surface area contributed by atoms with Crippen molar-refractivity contribution in [1.82, 2.24) is 4.90 Å². The largest absolute Gasteiger partial charge is 0.489 e. The number of alkyl halides is 1. The summed E-state index contributed by atoms with van der Waals surface area (Å²) in [6.45, 7) is 11.3. The predicted molar refractivity (Wildman–Crippen MR) is 134 cm³/mol. The van der Waals surface area contributed by atoms with Crippen LogP contribution in [0, 0.1) is 5.82 Å². The number of anilines is 2. The van der Waals surface area contributed by atoms with Crippen LogP contribution in [0.2, 0.25) is 0 Å². The van der Waals surface area contributed by atoms with Crippen molar-refractivity contribution in [3.8, 4) is 5.75 Å². The van der Waals surface area contributed by atoms with Crippen LogP contribution in [0.3, 0.4) is 0 Å². The van der Waals surface area contributed by atoms with Gasteiger partial charge in [0, 0.05) is 43.3 Å². The molecule has 0 aromatic heterocycles. The van der Waals surface area contributed by atoms with Crippen LogP contribution in [0.4, 0.5) is 20.2 Å². The second-order valence-corrected chi connectivity index (χ2v) is 9.06. The number of ether oxygens (including phenoxy) is 1. The molecule has 2 aromatic carbocycles. The topological polar surface area (TPSA) is 48.9 Å². The van der Waals surface area contributed by atoms with Crippen molar-refractivity contribution in [3.05, 3.63) is 52.7 Å². The molecule has 7 heteroatoms. The molecule has 0 amide bonds. The van der Waals surface area contributed by atoms with Crippen LogP contribution in [0.15, 0.2) is 41.4 Å². The van der Waals surface area contributed by atoms with Gasteiger partial charge >= 0.3 is 0 Å². The molecule has 0 radical (unpaired) electrons. The molecule has 1 fully saturated rings. The molecule has 178 valence electrons. The third kappa shape index (κ3) is 7.29. The zero-order chi connectivity index (χ0) is 24.0. The summed E-state index contributed by atoms with van der Waals surface area (Å²) in [5.74, 6) is 0.407. The number of hydrogen-bond donors (Lipinski definition) is 2. The highest BCUT2D eigenvalue weighted by molar-refractivity contribution is 5.72. The first-order valence-corrected chi connectivity index (χ1v) is 11.3. The van der Waals surface area contributed by atoms with Crippen LogP contribution in [0.25, 0.3) is 12.4 Å². The maximum atomic E-state index is 15.1. The highest BCUT2D eigenvalue weighted by Gasteiger charge is 2.21. The van der Waals surface area contributed by atoms with Crippen LogP contribution in [0.5, 0.6) is 5.75 Å². The zero-order valence-electron chi connectivity index (χ0n) is 19.9. The summed E-state index contributed by atoms with van der Waals surface area (Å²) in [6, 6.07) is 10.7. The molecule has 0 saturated carbocycles. The Hall–Kier alpha value is -2.93. The van der Waals surface area contributed by atoms with E-state index in [0.29, 0.717) is 35.0 Å². The normalized spacial score (nSPS) is 17.9. The minimum atomic E-state index is -1.21. The summed E-state index contributed by atoms with van der Waals surface area (Å²) in [4.78, 5) is 6.54. The quantitative estimate of drug-likeness (QED) is 0.557. The number of likely N-dealkylation sites (N-methyl/N-ethyl adjacent to an activating group) is 1. The molecule has 1 saturated heterocycles. The molecule has 3 rings (SSSR count). The van der Waals surface area contributed by atoms with Crippen LogP contribution < -0.4 is 25.8 Å². The van der Waals surface area contributed by atoms with Crippen molar-refractivity contribution in [3.63, 3.8) is 0 Å². The van der Waals surface area contributed by atoms with E-state index in [1.165, 1.54) is 6.07 Å². The van der Waals surface area contributed by atoms with Crippen LogP contribution in [0.1, 0.15) is 33.6 Å². The number of nitrogens with one attached hydrogen (secondary N) is 2. The SMILES string of the molecule is C=c1cc(OC2CCN(C)C2)cc(F)/c1=C(/N=CC)Nc1ccc(NCCC(C)(C)F)cc1. The number of hydrogen-bond acceptors (Lipinski definition) is 5. The average Bonchev–Trinajstić information content (AvgIpc) is 3.12. The third-order valence-corrected chi connectivity index (χ3v) is 5.49. The van der Waals surface area contributed by atoms with Crippen molar-refractivity contribution < 1.29 is 13.5 Å². The Morgan fingerprint density at radius 3 is 2.55 bits per heavy atom. The molecule has 1 aliphatic rings. The molecular formula is C26H34F2N4O. The molecule has 1 aliphatic heterocycles. The van der Waals surface area contributed by atoms with Crippen LogP contribution in [-0.2, 0) is 0 Å². The first-order valence-electron chi connectivity index (χ1n) is 11.3. The lowest BCUT2D eigenvalue weighted by Crippen LogP contribution is -2.32. The fourth-order valence-corrected chi connectivity index (χ4v) is 3.75. The van der Waals surface area contributed by atoms with Gasteiger partial charge in [-0.1, -0.05) is 6.58 Å². The van der Waals surface area contributed by atoms with Crippen molar-refractivity contribution >= 4 is 30.0 Å². The van der Waals surface area contributed by atoms with Gasteiger partial charge in [0.25, 0.3) is 0 Å². The predicted octanol–water partition coefficient (Wildman–Crippen LogP) is 4.14. The number of likely N-dealkylation sites (tertiary alicyclic amines) is 1. The first kappa shape index (κ1) is 24.7. The molecule has 0 aliphatic carbocycles. The molecule has 2 aromatic rings. The molecule has 33 heavy (non-hydrogen) atoms. The van der Waals surface area contributed by atoms with Gasteiger partial charge in [-0.15, -0.1) is 0 Å². The second kappa shape index (κ2) is 10.8. The number of rotatable bonds is 9. The van der Waals surface area contributed by atoms with Crippen molar-refractivity contribution in [2.24, 2.45) is 4.99 Å². The van der Waals surface area contributed by atoms with Gasteiger partial charge < -0.3 is 20.3 Å². The van der Waals surface area contributed by atoms with E-state index in [0.717, 1.165) is 30.9 Å². The molecule has 1 atom stereocenters. The van der Waals surface area contributed by atoms with E-state index in [1.807, 2.05) is 31.3 Å².